The number of fused-ring (bicyclic) bond motifs is 1. The summed E-state index contributed by atoms with van der Waals surface area (Å²) >= 11 is 0. The fourth-order valence-electron chi connectivity index (χ4n) is 1.64. The van der Waals surface area contributed by atoms with Crippen LogP contribution in [0.2, 0.25) is 0 Å². The molecule has 0 aliphatic carbocycles. The van der Waals surface area contributed by atoms with E-state index in [1.54, 1.807) is 0 Å². The fraction of sp³-hybridized carbons (Fsp3) is 0.300. The largest absolute Gasteiger partial charge is 0.507 e. The van der Waals surface area contributed by atoms with Gasteiger partial charge >= 0.3 is 0 Å². The number of carbonyl (C=O) groups excluding carboxylic acids is 1. The molecule has 0 atom stereocenters. The first-order chi connectivity index (χ1) is 6.77. The lowest BCUT2D eigenvalue weighted by Crippen LogP contribution is -1.93. The Labute approximate surface area is 81.1 Å². The smallest absolute Gasteiger partial charge is 0.165 e. The third kappa shape index (κ3) is 1.11. The van der Waals surface area contributed by atoms with Crippen molar-refractivity contribution in [3.8, 4) is 17.2 Å². The highest BCUT2D eigenvalue weighted by Gasteiger charge is 2.23. The van der Waals surface area contributed by atoms with E-state index in [1.165, 1.54) is 13.2 Å². The van der Waals surface area contributed by atoms with Crippen LogP contribution in [0.15, 0.2) is 6.07 Å². The average Bonchev–Trinajstić information content (AvgIpc) is 2.65. The SMILES string of the molecule is COc1cc(O)c(C=O)c2c1OCC2. The van der Waals surface area contributed by atoms with Crippen molar-refractivity contribution in [2.24, 2.45) is 0 Å². The molecule has 2 rings (SSSR count). The second-order valence-electron chi connectivity index (χ2n) is 3.04. The number of hydrogen-bond donors (Lipinski definition) is 1. The molecule has 0 aromatic heterocycles. The number of ether oxygens (including phenoxy) is 2. The van der Waals surface area contributed by atoms with E-state index in [2.05, 4.69) is 0 Å². The topological polar surface area (TPSA) is 55.8 Å². The van der Waals surface area contributed by atoms with Crippen LogP contribution in [0.3, 0.4) is 0 Å². The lowest BCUT2D eigenvalue weighted by molar-refractivity contribution is 0.112. The Kier molecular flexibility index (Phi) is 2.04. The first-order valence-electron chi connectivity index (χ1n) is 4.28. The minimum atomic E-state index is -0.0545. The molecule has 0 saturated heterocycles. The third-order valence-electron chi connectivity index (χ3n) is 2.30. The number of aromatic hydroxyl groups is 1. The van der Waals surface area contributed by atoms with Gasteiger partial charge in [0.2, 0.25) is 0 Å². The van der Waals surface area contributed by atoms with Gasteiger partial charge in [0, 0.05) is 18.1 Å². The minimum Gasteiger partial charge on any atom is -0.507 e. The second-order valence-corrected chi connectivity index (χ2v) is 3.04. The summed E-state index contributed by atoms with van der Waals surface area (Å²) in [4.78, 5) is 10.7. The summed E-state index contributed by atoms with van der Waals surface area (Å²) in [5, 5.41) is 9.52. The summed E-state index contributed by atoms with van der Waals surface area (Å²) in [6.07, 6.45) is 1.27. The van der Waals surface area contributed by atoms with Gasteiger partial charge in [-0.05, 0) is 0 Å². The molecule has 74 valence electrons. The summed E-state index contributed by atoms with van der Waals surface area (Å²) in [5.41, 5.74) is 1.04. The van der Waals surface area contributed by atoms with Crippen LogP contribution in [0.25, 0.3) is 0 Å². The van der Waals surface area contributed by atoms with E-state index in [4.69, 9.17) is 9.47 Å². The average molecular weight is 194 g/mol. The molecular formula is C10H10O4. The zero-order chi connectivity index (χ0) is 10.1. The number of methoxy groups -OCH3 is 1. The monoisotopic (exact) mass is 194 g/mol. The number of hydrogen-bond acceptors (Lipinski definition) is 4. The molecule has 4 heteroatoms. The predicted molar refractivity (Wildman–Crippen MR) is 49.2 cm³/mol. The molecule has 1 N–H and O–H groups in total. The molecule has 14 heavy (non-hydrogen) atoms. The zero-order valence-corrected chi connectivity index (χ0v) is 7.74. The molecule has 0 bridgehead atoms. The van der Waals surface area contributed by atoms with Crippen molar-refractivity contribution in [3.05, 3.63) is 17.2 Å². The fourth-order valence-corrected chi connectivity index (χ4v) is 1.64. The molecule has 0 amide bonds. The molecule has 0 spiro atoms. The summed E-state index contributed by atoms with van der Waals surface area (Å²) in [5.74, 6) is 0.995. The Bertz CT molecular complexity index is 384. The Hall–Kier alpha value is -1.71. The van der Waals surface area contributed by atoms with Crippen LogP contribution >= 0.6 is 0 Å². The summed E-state index contributed by atoms with van der Waals surface area (Å²) in [6.45, 7) is 0.524. The lowest BCUT2D eigenvalue weighted by atomic mass is 10.0. The van der Waals surface area contributed by atoms with Crippen molar-refractivity contribution >= 4 is 6.29 Å². The number of rotatable bonds is 2. The first kappa shape index (κ1) is 8.87. The van der Waals surface area contributed by atoms with Crippen molar-refractivity contribution in [2.45, 2.75) is 6.42 Å². The van der Waals surface area contributed by atoms with E-state index in [0.29, 0.717) is 36.4 Å². The predicted octanol–water partition coefficient (Wildman–Crippen LogP) is 1.15. The standard InChI is InChI=1S/C10H10O4/c1-13-9-4-8(12)7(5-11)6-2-3-14-10(6)9/h4-5,12H,2-3H2,1H3. The van der Waals surface area contributed by atoms with Gasteiger partial charge in [-0.2, -0.15) is 0 Å². The molecule has 0 unspecified atom stereocenters. The van der Waals surface area contributed by atoms with Crippen molar-refractivity contribution in [2.75, 3.05) is 13.7 Å². The number of phenolic OH excluding ortho intramolecular Hbond substituents is 1. The normalized spacial score (nSPS) is 13.2. The van der Waals surface area contributed by atoms with Crippen LogP contribution in [-0.4, -0.2) is 25.1 Å². The van der Waals surface area contributed by atoms with Crippen molar-refractivity contribution < 1.29 is 19.4 Å². The molecule has 0 radical (unpaired) electrons. The van der Waals surface area contributed by atoms with Gasteiger partial charge in [-0.15, -0.1) is 0 Å². The molecule has 0 saturated carbocycles. The maximum atomic E-state index is 10.7. The van der Waals surface area contributed by atoms with E-state index < -0.39 is 0 Å². The number of aldehydes is 1. The van der Waals surface area contributed by atoms with Gasteiger partial charge in [0.15, 0.2) is 17.8 Å². The van der Waals surface area contributed by atoms with Crippen LogP contribution in [0.1, 0.15) is 15.9 Å². The molecule has 1 aliphatic heterocycles. The number of phenols is 1. The first-order valence-corrected chi connectivity index (χ1v) is 4.28. The minimum absolute atomic E-state index is 0.0545. The van der Waals surface area contributed by atoms with E-state index in [0.717, 1.165) is 5.56 Å². The Morgan fingerprint density at radius 2 is 2.43 bits per heavy atom. The molecule has 4 nitrogen and oxygen atoms in total. The Morgan fingerprint density at radius 3 is 3.07 bits per heavy atom. The van der Waals surface area contributed by atoms with E-state index in [1.807, 2.05) is 0 Å². The maximum Gasteiger partial charge on any atom is 0.165 e. The van der Waals surface area contributed by atoms with Gasteiger partial charge in [0.25, 0.3) is 0 Å². The van der Waals surface area contributed by atoms with Gasteiger partial charge in [0.05, 0.1) is 19.3 Å². The van der Waals surface area contributed by atoms with Gasteiger partial charge in [-0.1, -0.05) is 0 Å². The summed E-state index contributed by atoms with van der Waals surface area (Å²) in [6, 6.07) is 1.40. The van der Waals surface area contributed by atoms with Crippen LogP contribution in [0.4, 0.5) is 0 Å². The lowest BCUT2D eigenvalue weighted by Gasteiger charge is -2.09. The van der Waals surface area contributed by atoms with Crippen molar-refractivity contribution in [3.63, 3.8) is 0 Å². The molecular weight excluding hydrogens is 184 g/mol. The van der Waals surface area contributed by atoms with Gasteiger partial charge in [0.1, 0.15) is 5.75 Å². The van der Waals surface area contributed by atoms with Gasteiger partial charge < -0.3 is 14.6 Å². The molecule has 0 fully saturated rings. The van der Waals surface area contributed by atoms with Gasteiger partial charge in [-0.25, -0.2) is 0 Å². The van der Waals surface area contributed by atoms with Crippen LogP contribution < -0.4 is 9.47 Å². The van der Waals surface area contributed by atoms with Crippen LogP contribution in [-0.2, 0) is 6.42 Å². The van der Waals surface area contributed by atoms with Gasteiger partial charge in [-0.3, -0.25) is 4.79 Å². The Balaban J connectivity index is 2.67. The second kappa shape index (κ2) is 3.21. The maximum absolute atomic E-state index is 10.7. The molecule has 1 aliphatic rings. The van der Waals surface area contributed by atoms with Crippen LogP contribution in [0.5, 0.6) is 17.2 Å². The zero-order valence-electron chi connectivity index (χ0n) is 7.74. The highest BCUT2D eigenvalue weighted by Crippen LogP contribution is 2.41. The summed E-state index contributed by atoms with van der Waals surface area (Å²) in [7, 11) is 1.50. The highest BCUT2D eigenvalue weighted by atomic mass is 16.5. The van der Waals surface area contributed by atoms with Crippen molar-refractivity contribution in [1.82, 2.24) is 0 Å². The van der Waals surface area contributed by atoms with E-state index >= 15 is 0 Å². The van der Waals surface area contributed by atoms with E-state index in [9.17, 15) is 9.90 Å². The molecule has 1 heterocycles. The number of carbonyl (C=O) groups is 1. The molecule has 1 aromatic rings. The third-order valence-corrected chi connectivity index (χ3v) is 2.30. The quantitative estimate of drug-likeness (QED) is 0.717. The summed E-state index contributed by atoms with van der Waals surface area (Å²) < 4.78 is 10.4. The van der Waals surface area contributed by atoms with Crippen molar-refractivity contribution in [1.29, 1.82) is 0 Å². The number of benzene rings is 1. The van der Waals surface area contributed by atoms with Crippen LogP contribution in [0, 0.1) is 0 Å². The van der Waals surface area contributed by atoms with E-state index in [-0.39, 0.29) is 5.75 Å². The Morgan fingerprint density at radius 1 is 1.64 bits per heavy atom. The highest BCUT2D eigenvalue weighted by molar-refractivity contribution is 5.84. The molecule has 1 aromatic carbocycles.